The summed E-state index contributed by atoms with van der Waals surface area (Å²) >= 11 is 7.29. The zero-order valence-corrected chi connectivity index (χ0v) is 15.6. The van der Waals surface area contributed by atoms with Crippen LogP contribution in [0.5, 0.6) is 0 Å². The molecule has 0 aliphatic rings. The number of halogens is 5. The summed E-state index contributed by atoms with van der Waals surface area (Å²) in [5.41, 5.74) is 5.50. The fraction of sp³-hybridized carbons (Fsp3) is 0.400. The van der Waals surface area contributed by atoms with Gasteiger partial charge in [-0.25, -0.2) is 0 Å². The lowest BCUT2D eigenvalue weighted by atomic mass is 10.1. The van der Waals surface area contributed by atoms with E-state index in [1.165, 1.54) is 23.5 Å². The Morgan fingerprint density at radius 1 is 1.36 bits per heavy atom. The number of hydrogen-bond donors (Lipinski definition) is 2. The van der Waals surface area contributed by atoms with Crippen LogP contribution in [0.2, 0.25) is 5.02 Å². The minimum atomic E-state index is -4.58. The summed E-state index contributed by atoms with van der Waals surface area (Å²) in [6.07, 6.45) is -4.69. The van der Waals surface area contributed by atoms with Crippen LogP contribution >= 0.6 is 35.8 Å². The number of nitrogens with zero attached hydrogens (tertiary/aromatic N) is 2. The lowest BCUT2D eigenvalue weighted by molar-refractivity contribution is -0.142. The first-order valence-corrected chi connectivity index (χ1v) is 8.46. The molecule has 0 radical (unpaired) electrons. The van der Waals surface area contributed by atoms with Gasteiger partial charge in [0.15, 0.2) is 5.69 Å². The summed E-state index contributed by atoms with van der Waals surface area (Å²) in [5, 5.41) is 13.6. The predicted octanol–water partition coefficient (Wildman–Crippen LogP) is 3.67. The molecule has 0 aliphatic carbocycles. The first kappa shape index (κ1) is 22.1. The van der Waals surface area contributed by atoms with E-state index < -0.39 is 24.5 Å². The highest BCUT2D eigenvalue weighted by Crippen LogP contribution is 2.37. The first-order chi connectivity index (χ1) is 11.2. The molecule has 2 aromatic rings. The minimum absolute atomic E-state index is 0. The molecule has 0 spiro atoms. The molecule has 0 aliphatic heterocycles. The Kier molecular flexibility index (Phi) is 8.08. The van der Waals surface area contributed by atoms with Crippen LogP contribution < -0.4 is 5.73 Å². The Labute approximate surface area is 158 Å². The standard InChI is InChI=1S/C15H17ClF3N3OS.ClH/c1-22-14(24-8-9-4-2-3-5-12(9)16)11(6-10(20)7-23)13(21-22)15(17,18)19;/h2-5,10,23H,6-8,20H2,1H3;1H. The lowest BCUT2D eigenvalue weighted by Crippen LogP contribution is -2.28. The highest BCUT2D eigenvalue weighted by atomic mass is 35.5. The lowest BCUT2D eigenvalue weighted by Gasteiger charge is -2.12. The van der Waals surface area contributed by atoms with Crippen LogP contribution in [-0.4, -0.2) is 27.5 Å². The summed E-state index contributed by atoms with van der Waals surface area (Å²) in [4.78, 5) is 0. The van der Waals surface area contributed by atoms with Gasteiger partial charge < -0.3 is 10.8 Å². The SMILES string of the molecule is Cl.Cn1nc(C(F)(F)F)c(CC(N)CO)c1SCc1ccccc1Cl. The van der Waals surface area contributed by atoms with E-state index in [1.807, 2.05) is 12.1 Å². The molecule has 1 atom stereocenters. The van der Waals surface area contributed by atoms with Gasteiger partial charge in [-0.15, -0.1) is 24.2 Å². The highest BCUT2D eigenvalue weighted by molar-refractivity contribution is 7.98. The van der Waals surface area contributed by atoms with E-state index in [2.05, 4.69) is 5.10 Å². The average molecular weight is 416 g/mol. The number of alkyl halides is 3. The van der Waals surface area contributed by atoms with E-state index in [-0.39, 0.29) is 24.4 Å². The number of aliphatic hydroxyl groups is 1. The van der Waals surface area contributed by atoms with Crippen molar-refractivity contribution in [2.45, 2.75) is 29.4 Å². The maximum atomic E-state index is 13.2. The van der Waals surface area contributed by atoms with E-state index in [9.17, 15) is 13.2 Å². The number of nitrogens with two attached hydrogens (primary N) is 1. The van der Waals surface area contributed by atoms with Gasteiger partial charge in [0.25, 0.3) is 0 Å². The van der Waals surface area contributed by atoms with E-state index in [1.54, 1.807) is 12.1 Å². The van der Waals surface area contributed by atoms with Crippen molar-refractivity contribution in [2.75, 3.05) is 6.61 Å². The molecule has 1 aromatic carbocycles. The fourth-order valence-corrected chi connectivity index (χ4v) is 3.64. The van der Waals surface area contributed by atoms with Crippen molar-refractivity contribution in [1.82, 2.24) is 9.78 Å². The Hall–Kier alpha value is -0.930. The van der Waals surface area contributed by atoms with Crippen molar-refractivity contribution >= 4 is 35.8 Å². The third-order valence-electron chi connectivity index (χ3n) is 3.38. The molecule has 3 N–H and O–H groups in total. The summed E-state index contributed by atoms with van der Waals surface area (Å²) in [6.45, 7) is -0.402. The molecule has 2 rings (SSSR count). The van der Waals surface area contributed by atoms with Gasteiger partial charge in [0.05, 0.1) is 11.6 Å². The topological polar surface area (TPSA) is 64.1 Å². The zero-order valence-electron chi connectivity index (χ0n) is 13.3. The van der Waals surface area contributed by atoms with E-state index in [4.69, 9.17) is 22.4 Å². The van der Waals surface area contributed by atoms with Gasteiger partial charge in [-0.2, -0.15) is 18.3 Å². The van der Waals surface area contributed by atoms with Crippen molar-refractivity contribution in [3.63, 3.8) is 0 Å². The van der Waals surface area contributed by atoms with Crippen LogP contribution in [0, 0.1) is 0 Å². The van der Waals surface area contributed by atoms with Crippen LogP contribution in [0.3, 0.4) is 0 Å². The summed E-state index contributed by atoms with van der Waals surface area (Å²) in [6, 6.07) is 6.36. The number of benzene rings is 1. The quantitative estimate of drug-likeness (QED) is 0.706. The van der Waals surface area contributed by atoms with Crippen LogP contribution in [0.25, 0.3) is 0 Å². The maximum Gasteiger partial charge on any atom is 0.435 e. The number of aryl methyl sites for hydroxylation is 1. The van der Waals surface area contributed by atoms with Crippen molar-refractivity contribution in [3.8, 4) is 0 Å². The monoisotopic (exact) mass is 415 g/mol. The molecule has 0 fully saturated rings. The van der Waals surface area contributed by atoms with Crippen LogP contribution in [-0.2, 0) is 25.4 Å². The normalized spacial score (nSPS) is 12.8. The number of thioether (sulfide) groups is 1. The Balaban J connectivity index is 0.00000312. The Morgan fingerprint density at radius 3 is 2.56 bits per heavy atom. The van der Waals surface area contributed by atoms with Crippen molar-refractivity contribution in [1.29, 1.82) is 0 Å². The molecule has 0 saturated carbocycles. The minimum Gasteiger partial charge on any atom is -0.395 e. The van der Waals surface area contributed by atoms with Gasteiger partial charge in [0.2, 0.25) is 0 Å². The molecule has 4 nitrogen and oxygen atoms in total. The van der Waals surface area contributed by atoms with E-state index in [0.29, 0.717) is 15.8 Å². The Bertz CT molecular complexity index is 710. The van der Waals surface area contributed by atoms with Gasteiger partial charge >= 0.3 is 6.18 Å². The second-order valence-corrected chi connectivity index (χ2v) is 6.65. The molecule has 1 aromatic heterocycles. The number of aliphatic hydroxyl groups excluding tert-OH is 1. The van der Waals surface area contributed by atoms with Gasteiger partial charge in [-0.05, 0) is 18.1 Å². The molecule has 140 valence electrons. The van der Waals surface area contributed by atoms with Crippen LogP contribution in [0.1, 0.15) is 16.8 Å². The summed E-state index contributed by atoms with van der Waals surface area (Å²) in [5.74, 6) is 0.401. The maximum absolute atomic E-state index is 13.2. The molecule has 10 heteroatoms. The molecule has 0 amide bonds. The molecule has 1 heterocycles. The highest BCUT2D eigenvalue weighted by Gasteiger charge is 2.39. The molecule has 0 bridgehead atoms. The van der Waals surface area contributed by atoms with Gasteiger partial charge in [-0.1, -0.05) is 29.8 Å². The smallest absolute Gasteiger partial charge is 0.395 e. The van der Waals surface area contributed by atoms with Crippen LogP contribution in [0.15, 0.2) is 29.3 Å². The molecular formula is C15H18Cl2F3N3OS. The first-order valence-electron chi connectivity index (χ1n) is 7.09. The van der Waals surface area contributed by atoms with E-state index in [0.717, 1.165) is 5.56 Å². The van der Waals surface area contributed by atoms with E-state index >= 15 is 0 Å². The fourth-order valence-electron chi connectivity index (χ4n) is 2.23. The molecule has 1 unspecified atom stereocenters. The third kappa shape index (κ3) is 5.52. The van der Waals surface area contributed by atoms with Gasteiger partial charge in [-0.3, -0.25) is 4.68 Å². The van der Waals surface area contributed by atoms with Crippen molar-refractivity contribution in [2.24, 2.45) is 12.8 Å². The zero-order chi connectivity index (χ0) is 17.9. The average Bonchev–Trinajstić information content (AvgIpc) is 2.82. The number of rotatable bonds is 6. The molecule has 0 saturated heterocycles. The summed E-state index contributed by atoms with van der Waals surface area (Å²) in [7, 11) is 1.46. The second kappa shape index (κ2) is 9.14. The summed E-state index contributed by atoms with van der Waals surface area (Å²) < 4.78 is 40.8. The van der Waals surface area contributed by atoms with Crippen molar-refractivity contribution in [3.05, 3.63) is 46.1 Å². The largest absolute Gasteiger partial charge is 0.435 e. The second-order valence-electron chi connectivity index (χ2n) is 5.28. The number of hydrogen-bond acceptors (Lipinski definition) is 4. The molecule has 25 heavy (non-hydrogen) atoms. The van der Waals surface area contributed by atoms with Gasteiger partial charge in [0.1, 0.15) is 0 Å². The third-order valence-corrected chi connectivity index (χ3v) is 4.99. The Morgan fingerprint density at radius 2 is 2.00 bits per heavy atom. The molecular weight excluding hydrogens is 398 g/mol. The van der Waals surface area contributed by atoms with Gasteiger partial charge in [0, 0.05) is 29.4 Å². The van der Waals surface area contributed by atoms with Crippen molar-refractivity contribution < 1.29 is 18.3 Å². The predicted molar refractivity (Wildman–Crippen MR) is 95.2 cm³/mol. The number of aromatic nitrogens is 2. The van der Waals surface area contributed by atoms with Crippen LogP contribution in [0.4, 0.5) is 13.2 Å².